The predicted molar refractivity (Wildman–Crippen MR) is 72.3 cm³/mol. The van der Waals surface area contributed by atoms with Crippen molar-refractivity contribution in [2.75, 3.05) is 0 Å². The van der Waals surface area contributed by atoms with E-state index in [0.717, 1.165) is 24.1 Å². The summed E-state index contributed by atoms with van der Waals surface area (Å²) in [6.07, 6.45) is 2.03. The highest BCUT2D eigenvalue weighted by Gasteiger charge is 2.12. The van der Waals surface area contributed by atoms with E-state index < -0.39 is 0 Å². The first kappa shape index (κ1) is 10.5. The second-order valence-electron chi connectivity index (χ2n) is 4.19. The Bertz CT molecular complexity index is 587. The van der Waals surface area contributed by atoms with Gasteiger partial charge >= 0.3 is 0 Å². The van der Waals surface area contributed by atoms with Gasteiger partial charge < -0.3 is 0 Å². The minimum Gasteiger partial charge on any atom is -0.236 e. The van der Waals surface area contributed by atoms with E-state index >= 15 is 0 Å². The van der Waals surface area contributed by atoms with Crippen LogP contribution in [-0.2, 0) is 12.8 Å². The first-order chi connectivity index (χ1) is 8.34. The van der Waals surface area contributed by atoms with Crippen LogP contribution < -0.4 is 0 Å². The van der Waals surface area contributed by atoms with Gasteiger partial charge in [0, 0.05) is 5.56 Å². The number of hydrogen-bond acceptors (Lipinski definition) is 1. The predicted octanol–water partition coefficient (Wildman–Crippen LogP) is 4.10. The Kier molecular flexibility index (Phi) is 2.69. The second kappa shape index (κ2) is 4.34. The molecule has 1 nitrogen and oxygen atoms in total. The van der Waals surface area contributed by atoms with Crippen molar-refractivity contribution in [1.82, 2.24) is 0 Å². The Morgan fingerprint density at radius 1 is 0.824 bits per heavy atom. The van der Waals surface area contributed by atoms with Gasteiger partial charge in [-0.15, -0.1) is 0 Å². The van der Waals surface area contributed by atoms with Crippen LogP contribution in [0.3, 0.4) is 0 Å². The quantitative estimate of drug-likeness (QED) is 0.659. The SMILES string of the molecule is ClC1=Nc2ccccc2CCc2ccccc21. The fraction of sp³-hybridized carbons (Fsp3) is 0.133. The largest absolute Gasteiger partial charge is 0.236 e. The molecule has 0 amide bonds. The van der Waals surface area contributed by atoms with Crippen molar-refractivity contribution in [3.63, 3.8) is 0 Å². The average Bonchev–Trinajstić information content (AvgIpc) is 2.36. The minimum atomic E-state index is 0.591. The molecule has 0 atom stereocenters. The van der Waals surface area contributed by atoms with Gasteiger partial charge in [-0.25, -0.2) is 4.99 Å². The highest BCUT2D eigenvalue weighted by molar-refractivity contribution is 6.70. The zero-order valence-corrected chi connectivity index (χ0v) is 10.1. The number of aliphatic imine (C=N–C) groups is 1. The highest BCUT2D eigenvalue weighted by atomic mass is 35.5. The first-order valence-electron chi connectivity index (χ1n) is 5.75. The van der Waals surface area contributed by atoms with Gasteiger partial charge in [0.25, 0.3) is 0 Å². The molecule has 0 aromatic heterocycles. The van der Waals surface area contributed by atoms with Gasteiger partial charge in [0.1, 0.15) is 5.17 Å². The topological polar surface area (TPSA) is 12.4 Å². The highest BCUT2D eigenvalue weighted by Crippen LogP contribution is 2.26. The molecule has 17 heavy (non-hydrogen) atoms. The number of rotatable bonds is 0. The molecular formula is C15H12ClN. The van der Waals surface area contributed by atoms with Crippen molar-refractivity contribution in [1.29, 1.82) is 0 Å². The Morgan fingerprint density at radius 3 is 2.35 bits per heavy atom. The summed E-state index contributed by atoms with van der Waals surface area (Å²) in [7, 11) is 0. The third-order valence-electron chi connectivity index (χ3n) is 3.11. The van der Waals surface area contributed by atoms with Gasteiger partial charge in [-0.3, -0.25) is 0 Å². The number of benzene rings is 2. The van der Waals surface area contributed by atoms with Crippen molar-refractivity contribution in [2.45, 2.75) is 12.8 Å². The Morgan fingerprint density at radius 2 is 1.47 bits per heavy atom. The lowest BCUT2D eigenvalue weighted by atomic mass is 9.98. The molecule has 2 aromatic rings. The number of halogens is 1. The summed E-state index contributed by atoms with van der Waals surface area (Å²) < 4.78 is 0. The smallest absolute Gasteiger partial charge is 0.137 e. The van der Waals surface area contributed by atoms with Crippen molar-refractivity contribution >= 4 is 22.5 Å². The van der Waals surface area contributed by atoms with Crippen molar-refractivity contribution < 1.29 is 0 Å². The summed E-state index contributed by atoms with van der Waals surface area (Å²) in [5, 5.41) is 0.591. The van der Waals surface area contributed by atoms with Crippen LogP contribution in [0.25, 0.3) is 0 Å². The third-order valence-corrected chi connectivity index (χ3v) is 3.40. The zero-order chi connectivity index (χ0) is 11.7. The summed E-state index contributed by atoms with van der Waals surface area (Å²) in [6.45, 7) is 0. The zero-order valence-electron chi connectivity index (χ0n) is 9.36. The summed E-state index contributed by atoms with van der Waals surface area (Å²) in [5.41, 5.74) is 4.59. The molecule has 0 aliphatic carbocycles. The molecule has 2 heteroatoms. The number of hydrogen-bond donors (Lipinski definition) is 0. The van der Waals surface area contributed by atoms with E-state index in [-0.39, 0.29) is 0 Å². The molecule has 0 radical (unpaired) electrons. The lowest BCUT2D eigenvalue weighted by Gasteiger charge is -2.13. The summed E-state index contributed by atoms with van der Waals surface area (Å²) >= 11 is 6.30. The van der Waals surface area contributed by atoms with Crippen LogP contribution in [0, 0.1) is 0 Å². The van der Waals surface area contributed by atoms with Crippen LogP contribution in [0.4, 0.5) is 5.69 Å². The normalized spacial score (nSPS) is 14.1. The molecule has 0 fully saturated rings. The number of para-hydroxylation sites is 1. The van der Waals surface area contributed by atoms with Gasteiger partial charge in [-0.2, -0.15) is 0 Å². The van der Waals surface area contributed by atoms with Crippen molar-refractivity contribution in [3.8, 4) is 0 Å². The Balaban J connectivity index is 2.18. The molecule has 84 valence electrons. The van der Waals surface area contributed by atoms with Gasteiger partial charge in [0.05, 0.1) is 5.69 Å². The average molecular weight is 242 g/mol. The van der Waals surface area contributed by atoms with Gasteiger partial charge in [-0.05, 0) is 30.0 Å². The molecular weight excluding hydrogens is 230 g/mol. The molecule has 1 aliphatic rings. The second-order valence-corrected chi connectivity index (χ2v) is 4.55. The molecule has 0 saturated heterocycles. The molecule has 0 spiro atoms. The van der Waals surface area contributed by atoms with Gasteiger partial charge in [0.15, 0.2) is 0 Å². The van der Waals surface area contributed by atoms with Crippen LogP contribution in [0.1, 0.15) is 16.7 Å². The van der Waals surface area contributed by atoms with Crippen LogP contribution in [-0.4, -0.2) is 5.17 Å². The molecule has 3 rings (SSSR count). The van der Waals surface area contributed by atoms with Crippen molar-refractivity contribution in [2.24, 2.45) is 4.99 Å². The van der Waals surface area contributed by atoms with Gasteiger partial charge in [0.2, 0.25) is 0 Å². The van der Waals surface area contributed by atoms with E-state index in [9.17, 15) is 0 Å². The standard InChI is InChI=1S/C15H12ClN/c16-15-13-7-3-1-5-11(13)9-10-12-6-2-4-8-14(12)17-15/h1-8H,9-10H2. The van der Waals surface area contributed by atoms with E-state index in [1.807, 2.05) is 24.3 Å². The third kappa shape index (κ3) is 1.98. The van der Waals surface area contributed by atoms with Crippen LogP contribution in [0.15, 0.2) is 53.5 Å². The fourth-order valence-corrected chi connectivity index (χ4v) is 2.48. The van der Waals surface area contributed by atoms with Gasteiger partial charge in [-0.1, -0.05) is 54.1 Å². The monoisotopic (exact) mass is 241 g/mol. The van der Waals surface area contributed by atoms with E-state index in [4.69, 9.17) is 11.6 Å². The molecule has 0 saturated carbocycles. The van der Waals surface area contributed by atoms with E-state index in [2.05, 4.69) is 29.3 Å². The fourth-order valence-electron chi connectivity index (χ4n) is 2.21. The number of aryl methyl sites for hydroxylation is 2. The van der Waals surface area contributed by atoms with E-state index in [1.54, 1.807) is 0 Å². The number of nitrogens with zero attached hydrogens (tertiary/aromatic N) is 1. The van der Waals surface area contributed by atoms with E-state index in [1.165, 1.54) is 11.1 Å². The maximum absolute atomic E-state index is 6.30. The van der Waals surface area contributed by atoms with Crippen molar-refractivity contribution in [3.05, 3.63) is 65.2 Å². The van der Waals surface area contributed by atoms with Crippen LogP contribution in [0.2, 0.25) is 0 Å². The summed E-state index contributed by atoms with van der Waals surface area (Å²) in [4.78, 5) is 4.52. The maximum atomic E-state index is 6.30. The molecule has 0 bridgehead atoms. The maximum Gasteiger partial charge on any atom is 0.137 e. The lowest BCUT2D eigenvalue weighted by molar-refractivity contribution is 0.953. The minimum absolute atomic E-state index is 0.591. The number of fused-ring (bicyclic) bond motifs is 2. The van der Waals surface area contributed by atoms with E-state index in [0.29, 0.717) is 5.17 Å². The molecule has 0 N–H and O–H groups in total. The first-order valence-corrected chi connectivity index (χ1v) is 6.13. The van der Waals surface area contributed by atoms with Crippen LogP contribution >= 0.6 is 11.6 Å². The summed E-state index contributed by atoms with van der Waals surface area (Å²) in [6, 6.07) is 16.4. The van der Waals surface area contributed by atoms with Crippen LogP contribution in [0.5, 0.6) is 0 Å². The Labute approximate surface area is 106 Å². The Hall–Kier alpha value is -1.60. The lowest BCUT2D eigenvalue weighted by Crippen LogP contribution is -2.03. The molecule has 2 aromatic carbocycles. The molecule has 0 unspecified atom stereocenters. The molecule has 1 aliphatic heterocycles. The molecule has 1 heterocycles. The summed E-state index contributed by atoms with van der Waals surface area (Å²) in [5.74, 6) is 0.